The lowest BCUT2D eigenvalue weighted by molar-refractivity contribution is -0.154. The minimum Gasteiger partial charge on any atom is -0.460 e. The fourth-order valence-electron chi connectivity index (χ4n) is 5.19. The molecule has 1 unspecified atom stereocenters. The van der Waals surface area contributed by atoms with Crippen LogP contribution in [-0.4, -0.2) is 96.4 Å². The van der Waals surface area contributed by atoms with Crippen LogP contribution >= 0.6 is 0 Å². The summed E-state index contributed by atoms with van der Waals surface area (Å²) in [6.07, 6.45) is 4.38. The van der Waals surface area contributed by atoms with Crippen molar-refractivity contribution in [3.8, 4) is 0 Å². The number of aliphatic hydroxyl groups excluding tert-OH is 1. The number of aryl methyl sites for hydroxylation is 1. The van der Waals surface area contributed by atoms with Gasteiger partial charge in [-0.25, -0.2) is 0 Å². The van der Waals surface area contributed by atoms with Gasteiger partial charge >= 0.3 is 5.97 Å². The van der Waals surface area contributed by atoms with Gasteiger partial charge in [0.1, 0.15) is 12.8 Å². The summed E-state index contributed by atoms with van der Waals surface area (Å²) in [6, 6.07) is 3.67. The zero-order chi connectivity index (χ0) is 39.1. The van der Waals surface area contributed by atoms with Crippen molar-refractivity contribution in [1.29, 1.82) is 0 Å². The zero-order valence-electron chi connectivity index (χ0n) is 31.1. The van der Waals surface area contributed by atoms with Crippen molar-refractivity contribution in [2.75, 3.05) is 30.8 Å². The number of ether oxygens (including phenoxy) is 2. The highest BCUT2D eigenvalue weighted by atomic mass is 32.2. The topological polar surface area (TPSA) is 218 Å². The molecule has 0 aliphatic carbocycles. The molecule has 292 valence electrons. The summed E-state index contributed by atoms with van der Waals surface area (Å²) in [4.78, 5) is 62.8. The molecule has 3 atom stereocenters. The van der Waals surface area contributed by atoms with Gasteiger partial charge in [0.15, 0.2) is 0 Å². The Kier molecular flexibility index (Phi) is 18.1. The largest absolute Gasteiger partial charge is 0.460 e. The molecule has 16 heteroatoms. The molecule has 1 aromatic carbocycles. The predicted octanol–water partition coefficient (Wildman–Crippen LogP) is 2.86. The van der Waals surface area contributed by atoms with Gasteiger partial charge in [0.05, 0.1) is 23.3 Å². The second-order valence-corrected chi connectivity index (χ2v) is 15.9. The summed E-state index contributed by atoms with van der Waals surface area (Å²) < 4.78 is 41.7. The number of esters is 1. The van der Waals surface area contributed by atoms with E-state index in [2.05, 4.69) is 16.0 Å². The Morgan fingerprint density at radius 2 is 1.58 bits per heavy atom. The van der Waals surface area contributed by atoms with E-state index in [9.17, 15) is 37.5 Å². The van der Waals surface area contributed by atoms with Gasteiger partial charge in [-0.05, 0) is 89.0 Å². The van der Waals surface area contributed by atoms with Crippen LogP contribution < -0.4 is 16.0 Å². The maximum atomic E-state index is 13.2. The van der Waals surface area contributed by atoms with Gasteiger partial charge < -0.3 is 25.2 Å². The third-order valence-electron chi connectivity index (χ3n) is 8.26. The molecule has 0 radical (unpaired) electrons. The molecule has 0 spiro atoms. The first kappa shape index (κ1) is 44.5. The number of rotatable bonds is 23. The number of hydrogen-bond acceptors (Lipinski definition) is 11. The van der Waals surface area contributed by atoms with Crippen LogP contribution in [0.15, 0.2) is 30.4 Å². The van der Waals surface area contributed by atoms with E-state index in [0.717, 1.165) is 16.0 Å². The first-order valence-corrected chi connectivity index (χ1v) is 19.3. The lowest BCUT2D eigenvalue weighted by atomic mass is 9.97. The molecular formula is C36H56N4O11S. The average molecular weight is 753 g/mol. The van der Waals surface area contributed by atoms with Crippen molar-refractivity contribution in [3.63, 3.8) is 0 Å². The van der Waals surface area contributed by atoms with Crippen molar-refractivity contribution in [1.82, 2.24) is 15.5 Å². The van der Waals surface area contributed by atoms with Crippen molar-refractivity contribution < 1.29 is 51.5 Å². The van der Waals surface area contributed by atoms with E-state index in [4.69, 9.17) is 14.0 Å². The fraction of sp³-hybridized carbons (Fsp3) is 0.639. The molecule has 5 N–H and O–H groups in total. The van der Waals surface area contributed by atoms with Gasteiger partial charge in [0.2, 0.25) is 11.8 Å². The van der Waals surface area contributed by atoms with E-state index in [1.54, 1.807) is 45.9 Å². The second-order valence-electron chi connectivity index (χ2n) is 14.3. The molecule has 1 heterocycles. The van der Waals surface area contributed by atoms with E-state index in [1.165, 1.54) is 12.2 Å². The van der Waals surface area contributed by atoms with Crippen molar-refractivity contribution >= 4 is 45.4 Å². The predicted molar refractivity (Wildman–Crippen MR) is 194 cm³/mol. The quantitative estimate of drug-likeness (QED) is 0.0359. The smallest absolute Gasteiger partial charge is 0.311 e. The SMILES string of the molecule is CC(C)[C@H](NC(=O)CCCCCN1C(=O)C=CC1=O)C(O)N[C@@H](C)C(=O)Nc1ccc(COC(=O)C(C)(C)C)c(CCCOCCCS(=O)(=O)O)c1. The van der Waals surface area contributed by atoms with Gasteiger partial charge in [-0.2, -0.15) is 8.42 Å². The number of carbonyl (C=O) groups is 5. The molecule has 1 aliphatic heterocycles. The molecule has 0 saturated heterocycles. The summed E-state index contributed by atoms with van der Waals surface area (Å²) in [6.45, 7) is 11.3. The minimum atomic E-state index is -4.05. The molecule has 52 heavy (non-hydrogen) atoms. The van der Waals surface area contributed by atoms with E-state index in [1.807, 2.05) is 13.8 Å². The Morgan fingerprint density at radius 3 is 2.19 bits per heavy atom. The van der Waals surface area contributed by atoms with Gasteiger partial charge in [-0.15, -0.1) is 0 Å². The highest BCUT2D eigenvalue weighted by Gasteiger charge is 2.28. The van der Waals surface area contributed by atoms with Crippen LogP contribution in [0.4, 0.5) is 5.69 Å². The normalized spacial score (nSPS) is 15.1. The van der Waals surface area contributed by atoms with Crippen molar-refractivity contribution in [2.24, 2.45) is 11.3 Å². The van der Waals surface area contributed by atoms with E-state index in [0.29, 0.717) is 50.9 Å². The molecule has 1 aromatic rings. The third kappa shape index (κ3) is 16.3. The van der Waals surface area contributed by atoms with E-state index in [-0.39, 0.29) is 61.4 Å². The van der Waals surface area contributed by atoms with Crippen molar-refractivity contribution in [3.05, 3.63) is 41.5 Å². The fourth-order valence-corrected chi connectivity index (χ4v) is 5.67. The Bertz CT molecular complexity index is 1500. The molecule has 15 nitrogen and oxygen atoms in total. The molecule has 1 aliphatic rings. The molecule has 0 saturated carbocycles. The zero-order valence-corrected chi connectivity index (χ0v) is 31.9. The van der Waals surface area contributed by atoms with Crippen LogP contribution in [0.25, 0.3) is 0 Å². The number of imide groups is 1. The van der Waals surface area contributed by atoms with E-state index >= 15 is 0 Å². The van der Waals surface area contributed by atoms with Crippen LogP contribution in [0.1, 0.15) is 91.2 Å². The van der Waals surface area contributed by atoms with Gasteiger partial charge in [0, 0.05) is 44.0 Å². The summed E-state index contributed by atoms with van der Waals surface area (Å²) in [5, 5.41) is 19.5. The lowest BCUT2D eigenvalue weighted by Crippen LogP contribution is -2.56. The average Bonchev–Trinajstić information content (AvgIpc) is 3.37. The maximum absolute atomic E-state index is 13.2. The number of hydrogen-bond donors (Lipinski definition) is 5. The Morgan fingerprint density at radius 1 is 0.923 bits per heavy atom. The highest BCUT2D eigenvalue weighted by molar-refractivity contribution is 7.85. The van der Waals surface area contributed by atoms with Gasteiger partial charge in [-0.3, -0.25) is 38.7 Å². The summed E-state index contributed by atoms with van der Waals surface area (Å²) in [5.74, 6) is -2.29. The van der Waals surface area contributed by atoms with E-state index < -0.39 is 39.8 Å². The summed E-state index contributed by atoms with van der Waals surface area (Å²) >= 11 is 0. The Hall–Kier alpha value is -3.70. The number of nitrogens with one attached hydrogen (secondary N) is 3. The number of anilines is 1. The minimum absolute atomic E-state index is 0.0275. The van der Waals surface area contributed by atoms with Crippen molar-refractivity contribution in [2.45, 2.75) is 111 Å². The number of carbonyl (C=O) groups excluding carboxylic acids is 5. The van der Waals surface area contributed by atoms with Gasteiger partial charge in [-0.1, -0.05) is 26.3 Å². The molecule has 4 amide bonds. The maximum Gasteiger partial charge on any atom is 0.311 e. The van der Waals surface area contributed by atoms with Crippen LogP contribution in [0, 0.1) is 11.3 Å². The molecule has 0 fully saturated rings. The van der Waals surface area contributed by atoms with Crippen LogP contribution in [0.2, 0.25) is 0 Å². The van der Waals surface area contributed by atoms with Crippen LogP contribution in [-0.2, 0) is 56.6 Å². The summed E-state index contributed by atoms with van der Waals surface area (Å²) in [7, 11) is -4.05. The molecular weight excluding hydrogens is 696 g/mol. The second kappa shape index (κ2) is 21.1. The number of nitrogens with zero attached hydrogens (tertiary/aromatic N) is 1. The monoisotopic (exact) mass is 752 g/mol. The number of benzene rings is 1. The Balaban J connectivity index is 1.94. The highest BCUT2D eigenvalue weighted by Crippen LogP contribution is 2.22. The summed E-state index contributed by atoms with van der Waals surface area (Å²) in [5.41, 5.74) is 1.34. The molecule has 0 aromatic heterocycles. The Labute approximate surface area is 307 Å². The number of aliphatic hydroxyl groups is 1. The molecule has 0 bridgehead atoms. The standard InChI is InChI=1S/C36H56N4O11S/c1-24(2)32(39-29(41)13-8-7-9-18-40-30(42)16-17-31(40)43)34(45)37-25(3)33(44)38-28-15-14-27(23-51-35(46)36(4,5)6)26(22-28)12-10-19-50-20-11-21-52(47,48)49/h14-17,22,24-25,32,34,37,45H,7-13,18-21,23H2,1-6H3,(H,38,44)(H,39,41)(H,47,48,49)/t25-,32-,34?/m0/s1. The first-order chi connectivity index (χ1) is 24.3. The first-order valence-electron chi connectivity index (χ1n) is 17.7. The van der Waals surface area contributed by atoms with Crippen LogP contribution in [0.3, 0.4) is 0 Å². The number of amides is 4. The van der Waals surface area contributed by atoms with Gasteiger partial charge in [0.25, 0.3) is 21.9 Å². The lowest BCUT2D eigenvalue weighted by Gasteiger charge is -2.30. The number of unbranched alkanes of at least 4 members (excludes halogenated alkanes) is 2. The molecule has 2 rings (SSSR count). The van der Waals surface area contributed by atoms with Crippen LogP contribution in [0.5, 0.6) is 0 Å². The third-order valence-corrected chi connectivity index (χ3v) is 9.06.